The van der Waals surface area contributed by atoms with E-state index in [1.54, 1.807) is 0 Å². The van der Waals surface area contributed by atoms with Crippen molar-refractivity contribution in [3.63, 3.8) is 0 Å². The number of hydrogen-bond donors (Lipinski definition) is 1. The fraction of sp³-hybridized carbons (Fsp3) is 0.941. The Morgan fingerprint density at radius 3 is 2.25 bits per heavy atom. The first-order valence-corrected chi connectivity index (χ1v) is 8.24. The second-order valence-electron chi connectivity index (χ2n) is 7.42. The van der Waals surface area contributed by atoms with E-state index in [0.717, 1.165) is 12.8 Å². The summed E-state index contributed by atoms with van der Waals surface area (Å²) in [4.78, 5) is 12.2. The van der Waals surface area contributed by atoms with E-state index in [9.17, 15) is 4.79 Å². The molecule has 1 N–H and O–H groups in total. The van der Waals surface area contributed by atoms with Crippen molar-refractivity contribution in [2.75, 3.05) is 6.61 Å². The number of ether oxygens (including phenoxy) is 1. The minimum Gasteiger partial charge on any atom is -0.465 e. The molecule has 118 valence electrons. The lowest BCUT2D eigenvalue weighted by molar-refractivity contribution is -0.150. The van der Waals surface area contributed by atoms with E-state index < -0.39 is 0 Å². The third-order valence-corrected chi connectivity index (χ3v) is 4.27. The molecule has 1 aliphatic heterocycles. The average Bonchev–Trinajstić information content (AvgIpc) is 2.56. The molecule has 0 saturated carbocycles. The third kappa shape index (κ3) is 5.43. The molecular weight excluding hydrogens is 250 g/mol. The van der Waals surface area contributed by atoms with Gasteiger partial charge >= 0.3 is 5.97 Å². The van der Waals surface area contributed by atoms with Crippen LogP contribution >= 0.6 is 0 Å². The SMILES string of the molecule is CCCCCCCCOC(=O)C1CC(C)(C)NC1(C)C. The normalized spacial score (nSPS) is 23.8. The Balaban J connectivity index is 2.23. The molecule has 0 spiro atoms. The third-order valence-electron chi connectivity index (χ3n) is 4.27. The maximum Gasteiger partial charge on any atom is 0.310 e. The first-order valence-electron chi connectivity index (χ1n) is 8.24. The molecule has 1 aliphatic rings. The molecule has 1 rings (SSSR count). The number of esters is 1. The highest BCUT2D eigenvalue weighted by Gasteiger charge is 2.48. The van der Waals surface area contributed by atoms with Gasteiger partial charge in [-0.2, -0.15) is 0 Å². The molecule has 0 aromatic heterocycles. The molecule has 0 aromatic carbocycles. The van der Waals surface area contributed by atoms with E-state index in [-0.39, 0.29) is 23.0 Å². The van der Waals surface area contributed by atoms with Gasteiger partial charge in [-0.15, -0.1) is 0 Å². The van der Waals surface area contributed by atoms with Crippen LogP contribution in [0.3, 0.4) is 0 Å². The van der Waals surface area contributed by atoms with E-state index in [4.69, 9.17) is 4.74 Å². The van der Waals surface area contributed by atoms with Crippen molar-refractivity contribution in [2.24, 2.45) is 5.92 Å². The molecule has 1 heterocycles. The van der Waals surface area contributed by atoms with Gasteiger partial charge in [-0.25, -0.2) is 0 Å². The molecule has 0 amide bonds. The zero-order valence-corrected chi connectivity index (χ0v) is 14.1. The monoisotopic (exact) mass is 283 g/mol. The second-order valence-corrected chi connectivity index (χ2v) is 7.42. The summed E-state index contributed by atoms with van der Waals surface area (Å²) in [6, 6.07) is 0. The minimum absolute atomic E-state index is 0.0212. The predicted octanol–water partition coefficient (Wildman–Crippen LogP) is 4.06. The molecule has 3 nitrogen and oxygen atoms in total. The van der Waals surface area contributed by atoms with Gasteiger partial charge in [0.1, 0.15) is 0 Å². The van der Waals surface area contributed by atoms with Gasteiger partial charge in [0.2, 0.25) is 0 Å². The zero-order chi connectivity index (χ0) is 15.2. The summed E-state index contributed by atoms with van der Waals surface area (Å²) in [5.74, 6) is -0.0563. The first-order chi connectivity index (χ1) is 9.28. The molecule has 20 heavy (non-hydrogen) atoms. The highest BCUT2D eigenvalue weighted by Crippen LogP contribution is 2.36. The first kappa shape index (κ1) is 17.5. The van der Waals surface area contributed by atoms with Gasteiger partial charge in [0, 0.05) is 11.1 Å². The summed E-state index contributed by atoms with van der Waals surface area (Å²) in [7, 11) is 0. The average molecular weight is 283 g/mol. The van der Waals surface area contributed by atoms with Gasteiger partial charge in [0.15, 0.2) is 0 Å². The second kappa shape index (κ2) is 7.44. The van der Waals surface area contributed by atoms with Gasteiger partial charge < -0.3 is 10.1 Å². The number of unbranched alkanes of at least 4 members (excludes halogenated alkanes) is 5. The van der Waals surface area contributed by atoms with Crippen molar-refractivity contribution < 1.29 is 9.53 Å². The van der Waals surface area contributed by atoms with E-state index >= 15 is 0 Å². The molecule has 0 aliphatic carbocycles. The van der Waals surface area contributed by atoms with Crippen LogP contribution in [0.1, 0.15) is 79.6 Å². The smallest absolute Gasteiger partial charge is 0.310 e. The van der Waals surface area contributed by atoms with Crippen LogP contribution in [0.2, 0.25) is 0 Å². The van der Waals surface area contributed by atoms with Crippen LogP contribution < -0.4 is 5.32 Å². The van der Waals surface area contributed by atoms with Crippen LogP contribution in [0.25, 0.3) is 0 Å². The lowest BCUT2D eigenvalue weighted by Gasteiger charge is -2.27. The van der Waals surface area contributed by atoms with Gasteiger partial charge in [-0.3, -0.25) is 4.79 Å². The van der Waals surface area contributed by atoms with Crippen molar-refractivity contribution in [2.45, 2.75) is 90.6 Å². The van der Waals surface area contributed by atoms with Gasteiger partial charge in [0.05, 0.1) is 12.5 Å². The highest BCUT2D eigenvalue weighted by atomic mass is 16.5. The van der Waals surface area contributed by atoms with E-state index in [0.29, 0.717) is 6.61 Å². The van der Waals surface area contributed by atoms with Crippen LogP contribution in [-0.4, -0.2) is 23.7 Å². The van der Waals surface area contributed by atoms with Crippen molar-refractivity contribution in [3.8, 4) is 0 Å². The van der Waals surface area contributed by atoms with Crippen molar-refractivity contribution in [1.82, 2.24) is 5.32 Å². The van der Waals surface area contributed by atoms with Crippen molar-refractivity contribution >= 4 is 5.97 Å². The Labute approximate surface area is 124 Å². The summed E-state index contributed by atoms with van der Waals surface area (Å²) in [6.45, 7) is 11.3. The number of rotatable bonds is 8. The van der Waals surface area contributed by atoms with Gasteiger partial charge in [0.25, 0.3) is 0 Å². The number of carbonyl (C=O) groups is 1. The van der Waals surface area contributed by atoms with Crippen molar-refractivity contribution in [3.05, 3.63) is 0 Å². The minimum atomic E-state index is -0.165. The Hall–Kier alpha value is -0.570. The maximum atomic E-state index is 12.2. The zero-order valence-electron chi connectivity index (χ0n) is 14.1. The summed E-state index contributed by atoms with van der Waals surface area (Å²) >= 11 is 0. The molecule has 0 aromatic rings. The van der Waals surface area contributed by atoms with Crippen LogP contribution in [0, 0.1) is 5.92 Å². The number of hydrogen-bond acceptors (Lipinski definition) is 3. The van der Waals surface area contributed by atoms with Crippen LogP contribution in [0.5, 0.6) is 0 Å². The van der Waals surface area contributed by atoms with Crippen LogP contribution in [0.15, 0.2) is 0 Å². The van der Waals surface area contributed by atoms with Crippen molar-refractivity contribution in [1.29, 1.82) is 0 Å². The van der Waals surface area contributed by atoms with Gasteiger partial charge in [-0.05, 0) is 40.5 Å². The molecule has 1 unspecified atom stereocenters. The van der Waals surface area contributed by atoms with E-state index in [1.807, 2.05) is 0 Å². The fourth-order valence-electron chi connectivity index (χ4n) is 3.31. The predicted molar refractivity (Wildman–Crippen MR) is 83.7 cm³/mol. The Morgan fingerprint density at radius 1 is 1.10 bits per heavy atom. The molecule has 0 radical (unpaired) electrons. The Morgan fingerprint density at radius 2 is 1.70 bits per heavy atom. The molecule has 1 atom stereocenters. The summed E-state index contributed by atoms with van der Waals surface area (Å²) in [5.41, 5.74) is -0.144. The van der Waals surface area contributed by atoms with Crippen LogP contribution in [0.4, 0.5) is 0 Å². The molecule has 1 fully saturated rings. The van der Waals surface area contributed by atoms with E-state index in [2.05, 4.69) is 39.9 Å². The molecular formula is C17H33NO2. The summed E-state index contributed by atoms with van der Waals surface area (Å²) < 4.78 is 5.48. The standard InChI is InChI=1S/C17H33NO2/c1-6-7-8-9-10-11-12-20-15(19)14-13-16(2,3)18-17(14,4)5/h14,18H,6-13H2,1-5H3. The summed E-state index contributed by atoms with van der Waals surface area (Å²) in [5, 5.41) is 3.52. The lowest BCUT2D eigenvalue weighted by atomic mass is 9.87. The van der Waals surface area contributed by atoms with E-state index in [1.165, 1.54) is 32.1 Å². The quantitative estimate of drug-likeness (QED) is 0.539. The largest absolute Gasteiger partial charge is 0.465 e. The number of nitrogens with one attached hydrogen (secondary N) is 1. The molecule has 0 bridgehead atoms. The number of carbonyl (C=O) groups excluding carboxylic acids is 1. The van der Waals surface area contributed by atoms with Gasteiger partial charge in [-0.1, -0.05) is 39.0 Å². The molecule has 3 heteroatoms. The lowest BCUT2D eigenvalue weighted by Crippen LogP contribution is -2.46. The highest BCUT2D eigenvalue weighted by molar-refractivity contribution is 5.74. The maximum absolute atomic E-state index is 12.2. The topological polar surface area (TPSA) is 38.3 Å². The Kier molecular flexibility index (Phi) is 6.50. The fourth-order valence-corrected chi connectivity index (χ4v) is 3.31. The Bertz CT molecular complexity index is 310. The van der Waals surface area contributed by atoms with Crippen LogP contribution in [-0.2, 0) is 9.53 Å². The summed E-state index contributed by atoms with van der Waals surface area (Å²) in [6.07, 6.45) is 8.18. The molecule has 1 saturated heterocycles.